The molecule has 4 nitrogen and oxygen atoms in total. The van der Waals surface area contributed by atoms with Gasteiger partial charge in [-0.1, -0.05) is 13.8 Å². The van der Waals surface area contributed by atoms with Crippen molar-refractivity contribution < 1.29 is 0 Å². The molecule has 4 N–H and O–H groups in total. The quantitative estimate of drug-likeness (QED) is 0.345. The van der Waals surface area contributed by atoms with Crippen LogP contribution in [0, 0.1) is 5.92 Å². The molecule has 0 unspecified atom stereocenters. The van der Waals surface area contributed by atoms with Crippen LogP contribution in [-0.4, -0.2) is 12.5 Å². The van der Waals surface area contributed by atoms with Gasteiger partial charge in [-0.15, -0.1) is 11.3 Å². The second kappa shape index (κ2) is 6.88. The van der Waals surface area contributed by atoms with E-state index in [4.69, 9.17) is 5.84 Å². The van der Waals surface area contributed by atoms with Gasteiger partial charge in [-0.2, -0.15) is 0 Å². The first-order chi connectivity index (χ1) is 7.61. The van der Waals surface area contributed by atoms with E-state index in [1.165, 1.54) is 4.88 Å². The first kappa shape index (κ1) is 13.5. The van der Waals surface area contributed by atoms with Crippen LogP contribution in [0.3, 0.4) is 0 Å². The van der Waals surface area contributed by atoms with E-state index in [0.29, 0.717) is 18.4 Å². The lowest BCUT2D eigenvalue weighted by atomic mass is 10.2. The van der Waals surface area contributed by atoms with Crippen molar-refractivity contribution in [3.05, 3.63) is 20.8 Å². The average Bonchev–Trinajstić information content (AvgIpc) is 2.64. The van der Waals surface area contributed by atoms with Crippen molar-refractivity contribution in [1.29, 1.82) is 0 Å². The third kappa shape index (κ3) is 4.96. The molecule has 0 aromatic carbocycles. The molecule has 0 radical (unpaired) electrons. The Bertz CT molecular complexity index is 348. The van der Waals surface area contributed by atoms with Crippen LogP contribution in [0.2, 0.25) is 0 Å². The number of rotatable bonds is 4. The Morgan fingerprint density at radius 1 is 1.62 bits per heavy atom. The summed E-state index contributed by atoms with van der Waals surface area (Å²) >= 11 is 5.09. The van der Waals surface area contributed by atoms with Crippen molar-refractivity contribution in [2.45, 2.75) is 20.4 Å². The molecule has 0 fully saturated rings. The van der Waals surface area contributed by atoms with Crippen molar-refractivity contribution in [2.24, 2.45) is 16.8 Å². The van der Waals surface area contributed by atoms with Crippen LogP contribution in [0.25, 0.3) is 0 Å². The topological polar surface area (TPSA) is 62.4 Å². The maximum Gasteiger partial charge on any atom is 0.206 e. The predicted molar refractivity (Wildman–Crippen MR) is 73.3 cm³/mol. The minimum Gasteiger partial charge on any atom is -0.355 e. The van der Waals surface area contributed by atoms with E-state index in [0.717, 1.165) is 11.0 Å². The van der Waals surface area contributed by atoms with Gasteiger partial charge in [-0.3, -0.25) is 5.43 Å². The highest BCUT2D eigenvalue weighted by Crippen LogP contribution is 2.20. The van der Waals surface area contributed by atoms with Gasteiger partial charge in [0.1, 0.15) is 0 Å². The minimum absolute atomic E-state index is 0.564. The van der Waals surface area contributed by atoms with Crippen LogP contribution in [-0.2, 0) is 6.54 Å². The minimum atomic E-state index is 0.564. The Morgan fingerprint density at radius 3 is 2.88 bits per heavy atom. The van der Waals surface area contributed by atoms with Gasteiger partial charge in [0.15, 0.2) is 0 Å². The molecule has 1 rings (SSSR count). The number of aliphatic imine (C=N–C) groups is 1. The van der Waals surface area contributed by atoms with Crippen molar-refractivity contribution in [3.8, 4) is 0 Å². The van der Waals surface area contributed by atoms with E-state index in [2.05, 4.69) is 51.6 Å². The molecular weight excluding hydrogens is 288 g/mol. The van der Waals surface area contributed by atoms with Gasteiger partial charge in [-0.05, 0) is 27.9 Å². The van der Waals surface area contributed by atoms with Crippen LogP contribution in [0.15, 0.2) is 20.9 Å². The van der Waals surface area contributed by atoms with Crippen molar-refractivity contribution in [1.82, 2.24) is 10.7 Å². The number of hydrogen-bond acceptors (Lipinski definition) is 3. The number of nitrogens with one attached hydrogen (secondary N) is 2. The first-order valence-corrected chi connectivity index (χ1v) is 6.77. The van der Waals surface area contributed by atoms with Crippen LogP contribution in [0.5, 0.6) is 0 Å². The molecule has 1 aromatic heterocycles. The molecule has 6 heteroatoms. The molecule has 1 heterocycles. The number of nitrogens with zero attached hydrogens (tertiary/aromatic N) is 1. The summed E-state index contributed by atoms with van der Waals surface area (Å²) in [5.41, 5.74) is 2.57. The summed E-state index contributed by atoms with van der Waals surface area (Å²) < 4.78 is 1.10. The zero-order chi connectivity index (χ0) is 12.0. The van der Waals surface area contributed by atoms with Crippen LogP contribution >= 0.6 is 27.3 Å². The van der Waals surface area contributed by atoms with Crippen molar-refractivity contribution in [3.63, 3.8) is 0 Å². The smallest absolute Gasteiger partial charge is 0.206 e. The molecule has 0 aliphatic rings. The first-order valence-electron chi connectivity index (χ1n) is 5.09. The normalized spacial score (nSPS) is 11.9. The SMILES string of the molecule is CC(C)CNC(=NCc1cc(Br)cs1)NN. The predicted octanol–water partition coefficient (Wildman–Crippen LogP) is 2.08. The van der Waals surface area contributed by atoms with Crippen molar-refractivity contribution in [2.75, 3.05) is 6.54 Å². The van der Waals surface area contributed by atoms with E-state index >= 15 is 0 Å². The van der Waals surface area contributed by atoms with Crippen LogP contribution < -0.4 is 16.6 Å². The Balaban J connectivity index is 2.46. The summed E-state index contributed by atoms with van der Waals surface area (Å²) in [6.45, 7) is 5.77. The Morgan fingerprint density at radius 2 is 2.38 bits per heavy atom. The Kier molecular flexibility index (Phi) is 5.79. The average molecular weight is 305 g/mol. The fourth-order valence-electron chi connectivity index (χ4n) is 1.05. The van der Waals surface area contributed by atoms with Crippen LogP contribution in [0.1, 0.15) is 18.7 Å². The van der Waals surface area contributed by atoms with Crippen molar-refractivity contribution >= 4 is 33.2 Å². The van der Waals surface area contributed by atoms with E-state index in [-0.39, 0.29) is 0 Å². The second-order valence-corrected chi connectivity index (χ2v) is 5.73. The van der Waals surface area contributed by atoms with E-state index in [9.17, 15) is 0 Å². The number of hydrogen-bond donors (Lipinski definition) is 3. The molecule has 0 bridgehead atoms. The molecule has 0 spiro atoms. The highest BCUT2D eigenvalue weighted by Gasteiger charge is 1.99. The molecule has 0 atom stereocenters. The molecule has 0 saturated heterocycles. The third-order valence-corrected chi connectivity index (χ3v) is 3.51. The summed E-state index contributed by atoms with van der Waals surface area (Å²) in [5, 5.41) is 5.20. The molecule has 90 valence electrons. The highest BCUT2D eigenvalue weighted by molar-refractivity contribution is 9.10. The molecule has 0 aliphatic carbocycles. The number of thiophene rings is 1. The summed E-state index contributed by atoms with van der Waals surface area (Å²) in [7, 11) is 0. The van der Waals surface area contributed by atoms with Gasteiger partial charge in [0.2, 0.25) is 5.96 Å². The zero-order valence-corrected chi connectivity index (χ0v) is 11.9. The third-order valence-electron chi connectivity index (χ3n) is 1.83. The Labute approximate surface area is 108 Å². The van der Waals surface area contributed by atoms with Gasteiger partial charge in [-0.25, -0.2) is 10.8 Å². The molecule has 0 saturated carbocycles. The number of guanidine groups is 1. The highest BCUT2D eigenvalue weighted by atomic mass is 79.9. The van der Waals surface area contributed by atoms with Crippen LogP contribution in [0.4, 0.5) is 0 Å². The lowest BCUT2D eigenvalue weighted by Crippen LogP contribution is -2.42. The van der Waals surface area contributed by atoms with E-state index in [1.54, 1.807) is 11.3 Å². The number of hydrazine groups is 1. The van der Waals surface area contributed by atoms with E-state index in [1.807, 2.05) is 5.38 Å². The second-order valence-electron chi connectivity index (χ2n) is 3.82. The standard InChI is InChI=1S/C10H17BrN4S/c1-7(2)4-13-10(15-12)14-5-9-3-8(11)6-16-9/h3,6-7H,4-5,12H2,1-2H3,(H2,13,14,15). The lowest BCUT2D eigenvalue weighted by Gasteiger charge is -2.10. The zero-order valence-electron chi connectivity index (χ0n) is 9.46. The molecule has 0 amide bonds. The van der Waals surface area contributed by atoms with Gasteiger partial charge in [0.25, 0.3) is 0 Å². The molecule has 0 aliphatic heterocycles. The summed E-state index contributed by atoms with van der Waals surface area (Å²) in [5.74, 6) is 6.58. The monoisotopic (exact) mass is 304 g/mol. The van der Waals surface area contributed by atoms with Gasteiger partial charge < -0.3 is 5.32 Å². The summed E-state index contributed by atoms with van der Waals surface area (Å²) in [4.78, 5) is 5.56. The fourth-order valence-corrected chi connectivity index (χ4v) is 2.42. The number of halogens is 1. The Hall–Kier alpha value is -0.590. The largest absolute Gasteiger partial charge is 0.355 e. The van der Waals surface area contributed by atoms with Gasteiger partial charge in [0.05, 0.1) is 6.54 Å². The fraction of sp³-hybridized carbons (Fsp3) is 0.500. The molecular formula is C10H17BrN4S. The lowest BCUT2D eigenvalue weighted by molar-refractivity contribution is 0.615. The maximum absolute atomic E-state index is 5.38. The molecule has 1 aromatic rings. The number of nitrogens with two attached hydrogens (primary N) is 1. The summed E-state index contributed by atoms with van der Waals surface area (Å²) in [6, 6.07) is 2.06. The summed E-state index contributed by atoms with van der Waals surface area (Å²) in [6.07, 6.45) is 0. The maximum atomic E-state index is 5.38. The van der Waals surface area contributed by atoms with Gasteiger partial charge >= 0.3 is 0 Å². The van der Waals surface area contributed by atoms with Gasteiger partial charge in [0, 0.05) is 21.3 Å². The molecule has 16 heavy (non-hydrogen) atoms. The van der Waals surface area contributed by atoms with E-state index < -0.39 is 0 Å².